The number of ether oxygens (including phenoxy) is 1. The second kappa shape index (κ2) is 4.49. The van der Waals surface area contributed by atoms with Gasteiger partial charge in [-0.1, -0.05) is 0 Å². The van der Waals surface area contributed by atoms with Gasteiger partial charge in [0, 0.05) is 25.6 Å². The monoisotopic (exact) mass is 246 g/mol. The minimum atomic E-state index is 0.326. The lowest BCUT2D eigenvalue weighted by atomic mass is 10.1. The van der Waals surface area contributed by atoms with Gasteiger partial charge >= 0.3 is 0 Å². The second-order valence-corrected chi connectivity index (χ2v) is 4.88. The highest BCUT2D eigenvalue weighted by molar-refractivity contribution is 5.88. The van der Waals surface area contributed by atoms with Gasteiger partial charge in [0.1, 0.15) is 0 Å². The molecular weight excluding hydrogens is 228 g/mol. The summed E-state index contributed by atoms with van der Waals surface area (Å²) in [6, 6.07) is 4.01. The fraction of sp³-hybridized carbons (Fsp3) is 0.462. The molecule has 3 rings (SSSR count). The Bertz CT molecular complexity index is 545. The highest BCUT2D eigenvalue weighted by Crippen LogP contribution is 2.28. The van der Waals surface area contributed by atoms with E-state index in [9.17, 15) is 0 Å². The molecule has 1 saturated heterocycles. The van der Waals surface area contributed by atoms with Crippen LogP contribution in [0.2, 0.25) is 0 Å². The van der Waals surface area contributed by atoms with Gasteiger partial charge in [0.2, 0.25) is 0 Å². The van der Waals surface area contributed by atoms with Gasteiger partial charge in [0.15, 0.2) is 0 Å². The van der Waals surface area contributed by atoms with Crippen LogP contribution in [0, 0.1) is 0 Å². The summed E-state index contributed by atoms with van der Waals surface area (Å²) in [5, 5.41) is 8.04. The largest absolute Gasteiger partial charge is 0.397 e. The lowest BCUT2D eigenvalue weighted by molar-refractivity contribution is 0.116. The number of nitrogen functional groups attached to an aromatic ring is 1. The molecule has 1 aromatic carbocycles. The summed E-state index contributed by atoms with van der Waals surface area (Å²) in [6.45, 7) is 1.76. The number of nitrogens with zero attached hydrogens (tertiary/aromatic N) is 2. The molecule has 2 heterocycles. The number of fused-ring (bicyclic) bond motifs is 1. The Hall–Kier alpha value is -1.75. The number of nitrogens with one attached hydrogen (secondary N) is 1. The zero-order chi connectivity index (χ0) is 12.5. The van der Waals surface area contributed by atoms with Gasteiger partial charge in [-0.05, 0) is 25.0 Å². The summed E-state index contributed by atoms with van der Waals surface area (Å²) in [5.74, 6) is 0. The summed E-state index contributed by atoms with van der Waals surface area (Å²) in [7, 11) is 2.05. The molecule has 0 aliphatic carbocycles. The lowest BCUT2D eigenvalue weighted by Crippen LogP contribution is -2.29. The van der Waals surface area contributed by atoms with Crippen molar-refractivity contribution < 1.29 is 4.74 Å². The van der Waals surface area contributed by atoms with E-state index in [1.807, 2.05) is 12.1 Å². The average Bonchev–Trinajstić information content (AvgIpc) is 2.98. The van der Waals surface area contributed by atoms with Gasteiger partial charge in [-0.2, -0.15) is 5.10 Å². The van der Waals surface area contributed by atoms with Crippen molar-refractivity contribution in [2.24, 2.45) is 0 Å². The van der Waals surface area contributed by atoms with Crippen molar-refractivity contribution in [2.45, 2.75) is 18.9 Å². The van der Waals surface area contributed by atoms with E-state index >= 15 is 0 Å². The van der Waals surface area contributed by atoms with Crippen molar-refractivity contribution in [3.8, 4) is 0 Å². The van der Waals surface area contributed by atoms with Gasteiger partial charge in [-0.15, -0.1) is 0 Å². The van der Waals surface area contributed by atoms with E-state index < -0.39 is 0 Å². The van der Waals surface area contributed by atoms with Gasteiger partial charge in [0.25, 0.3) is 0 Å². The number of H-pyrrole nitrogens is 1. The molecule has 18 heavy (non-hydrogen) atoms. The Morgan fingerprint density at radius 1 is 1.56 bits per heavy atom. The molecule has 0 radical (unpaired) electrons. The van der Waals surface area contributed by atoms with E-state index in [0.717, 1.165) is 48.3 Å². The molecule has 1 atom stereocenters. The summed E-state index contributed by atoms with van der Waals surface area (Å²) >= 11 is 0. The van der Waals surface area contributed by atoms with Crippen molar-refractivity contribution >= 4 is 22.3 Å². The number of aromatic amines is 1. The van der Waals surface area contributed by atoms with E-state index in [-0.39, 0.29) is 0 Å². The molecule has 0 spiro atoms. The van der Waals surface area contributed by atoms with Crippen LogP contribution in [-0.2, 0) is 4.74 Å². The van der Waals surface area contributed by atoms with Crippen LogP contribution in [0.5, 0.6) is 0 Å². The third-order valence-corrected chi connectivity index (χ3v) is 3.50. The van der Waals surface area contributed by atoms with E-state index in [1.165, 1.54) is 0 Å². The predicted molar refractivity (Wildman–Crippen MR) is 72.8 cm³/mol. The van der Waals surface area contributed by atoms with Crippen molar-refractivity contribution in [1.29, 1.82) is 0 Å². The van der Waals surface area contributed by atoms with Crippen LogP contribution in [-0.4, -0.2) is 36.5 Å². The van der Waals surface area contributed by atoms with Gasteiger partial charge in [-0.3, -0.25) is 5.10 Å². The molecule has 1 unspecified atom stereocenters. The Labute approximate surface area is 106 Å². The molecule has 96 valence electrons. The molecule has 2 aromatic rings. The van der Waals surface area contributed by atoms with Crippen molar-refractivity contribution in [3.63, 3.8) is 0 Å². The summed E-state index contributed by atoms with van der Waals surface area (Å²) < 4.78 is 5.65. The molecule has 1 aliphatic rings. The standard InChI is InChI=1S/C13H18N4O/c1-17(8-10-3-2-4-18-10)13-6-12-9(5-11(13)14)7-15-16-12/h5-7,10H,2-4,8,14H2,1H3,(H,15,16). The number of likely N-dealkylation sites (N-methyl/N-ethyl adjacent to an activating group) is 1. The maximum absolute atomic E-state index is 6.10. The maximum Gasteiger partial charge on any atom is 0.0750 e. The first kappa shape index (κ1) is 11.3. The minimum Gasteiger partial charge on any atom is -0.397 e. The fourth-order valence-electron chi connectivity index (χ4n) is 2.52. The zero-order valence-electron chi connectivity index (χ0n) is 10.5. The predicted octanol–water partition coefficient (Wildman–Crippen LogP) is 1.76. The van der Waals surface area contributed by atoms with Crippen molar-refractivity contribution in [2.75, 3.05) is 30.8 Å². The smallest absolute Gasteiger partial charge is 0.0750 e. The SMILES string of the molecule is CN(CC1CCCO1)c1cc2[nH]ncc2cc1N. The first-order chi connectivity index (χ1) is 8.74. The highest BCUT2D eigenvalue weighted by atomic mass is 16.5. The third-order valence-electron chi connectivity index (χ3n) is 3.50. The zero-order valence-corrected chi connectivity index (χ0v) is 10.5. The second-order valence-electron chi connectivity index (χ2n) is 4.88. The van der Waals surface area contributed by atoms with Crippen molar-refractivity contribution in [1.82, 2.24) is 10.2 Å². The Morgan fingerprint density at radius 2 is 2.44 bits per heavy atom. The number of benzene rings is 1. The number of hydrogen-bond acceptors (Lipinski definition) is 4. The van der Waals surface area contributed by atoms with Crippen LogP contribution in [0.1, 0.15) is 12.8 Å². The van der Waals surface area contributed by atoms with Crippen LogP contribution in [0.4, 0.5) is 11.4 Å². The number of nitrogens with two attached hydrogens (primary N) is 1. The van der Waals surface area contributed by atoms with Crippen LogP contribution < -0.4 is 10.6 Å². The fourth-order valence-corrected chi connectivity index (χ4v) is 2.52. The van der Waals surface area contributed by atoms with Crippen LogP contribution in [0.3, 0.4) is 0 Å². The third kappa shape index (κ3) is 2.01. The molecule has 3 N–H and O–H groups in total. The molecular formula is C13H18N4O. The number of rotatable bonds is 3. The Balaban J connectivity index is 1.85. The van der Waals surface area contributed by atoms with E-state index in [4.69, 9.17) is 10.5 Å². The van der Waals surface area contributed by atoms with Crippen molar-refractivity contribution in [3.05, 3.63) is 18.3 Å². The van der Waals surface area contributed by atoms with E-state index in [2.05, 4.69) is 22.1 Å². The molecule has 0 amide bonds. The molecule has 5 nitrogen and oxygen atoms in total. The minimum absolute atomic E-state index is 0.326. The summed E-state index contributed by atoms with van der Waals surface area (Å²) in [5.41, 5.74) is 8.92. The number of anilines is 2. The summed E-state index contributed by atoms with van der Waals surface area (Å²) in [4.78, 5) is 2.16. The Morgan fingerprint density at radius 3 is 3.22 bits per heavy atom. The number of hydrogen-bond donors (Lipinski definition) is 2. The molecule has 1 fully saturated rings. The average molecular weight is 246 g/mol. The first-order valence-corrected chi connectivity index (χ1v) is 6.29. The Kier molecular flexibility index (Phi) is 2.83. The lowest BCUT2D eigenvalue weighted by Gasteiger charge is -2.24. The van der Waals surface area contributed by atoms with Gasteiger partial charge in [0.05, 0.1) is 29.2 Å². The van der Waals surface area contributed by atoms with E-state index in [1.54, 1.807) is 6.20 Å². The first-order valence-electron chi connectivity index (χ1n) is 6.29. The van der Waals surface area contributed by atoms with E-state index in [0.29, 0.717) is 6.10 Å². The van der Waals surface area contributed by atoms with Gasteiger partial charge in [-0.25, -0.2) is 0 Å². The normalized spacial score (nSPS) is 19.5. The maximum atomic E-state index is 6.10. The molecule has 1 aliphatic heterocycles. The number of aromatic nitrogens is 2. The highest BCUT2D eigenvalue weighted by Gasteiger charge is 2.18. The molecule has 5 heteroatoms. The van der Waals surface area contributed by atoms with Gasteiger partial charge < -0.3 is 15.4 Å². The molecule has 1 aromatic heterocycles. The topological polar surface area (TPSA) is 67.2 Å². The quantitative estimate of drug-likeness (QED) is 0.810. The molecule has 0 saturated carbocycles. The van der Waals surface area contributed by atoms with Crippen LogP contribution in [0.25, 0.3) is 10.9 Å². The van der Waals surface area contributed by atoms with Crippen LogP contribution in [0.15, 0.2) is 18.3 Å². The summed E-state index contributed by atoms with van der Waals surface area (Å²) in [6.07, 6.45) is 4.41. The molecule has 0 bridgehead atoms. The van der Waals surface area contributed by atoms with Crippen LogP contribution >= 0.6 is 0 Å².